The molecule has 1 unspecified atom stereocenters. The lowest BCUT2D eigenvalue weighted by Gasteiger charge is -2.01. The summed E-state index contributed by atoms with van der Waals surface area (Å²) in [6.45, 7) is 0. The Morgan fingerprint density at radius 1 is 1.62 bits per heavy atom. The maximum atomic E-state index is 11.1. The van der Waals surface area contributed by atoms with E-state index < -0.39 is 10.8 Å². The fourth-order valence-corrected chi connectivity index (χ4v) is 1.66. The average molecular weight is 217 g/mol. The standard InChI is InChI=1S/C6H5ClN4OS/c1-13(12)5-3(2-8)4(7)10-6(9)11-5/h1H3,(H2,9,10,11). The topological polar surface area (TPSA) is 92.7 Å². The van der Waals surface area contributed by atoms with Gasteiger partial charge < -0.3 is 5.73 Å². The molecule has 1 rings (SSSR count). The molecule has 0 bridgehead atoms. The van der Waals surface area contributed by atoms with Crippen molar-refractivity contribution in [1.82, 2.24) is 9.97 Å². The predicted octanol–water partition coefficient (Wildman–Crippen LogP) is 0.321. The highest BCUT2D eigenvalue weighted by atomic mass is 35.5. The van der Waals surface area contributed by atoms with Crippen molar-refractivity contribution in [2.24, 2.45) is 0 Å². The first-order valence-electron chi connectivity index (χ1n) is 3.12. The van der Waals surface area contributed by atoms with Crippen LogP contribution >= 0.6 is 11.6 Å². The summed E-state index contributed by atoms with van der Waals surface area (Å²) in [5.74, 6) is -0.0887. The average Bonchev–Trinajstić information content (AvgIpc) is 2.02. The molecule has 0 aliphatic carbocycles. The van der Waals surface area contributed by atoms with E-state index in [0.29, 0.717) is 0 Å². The number of nitrogen functional groups attached to an aromatic ring is 1. The molecule has 1 aromatic rings. The molecular formula is C6H5ClN4OS. The highest BCUT2D eigenvalue weighted by Crippen LogP contribution is 2.18. The van der Waals surface area contributed by atoms with Crippen molar-refractivity contribution >= 4 is 28.3 Å². The van der Waals surface area contributed by atoms with Crippen LogP contribution in [-0.4, -0.2) is 20.4 Å². The Labute approximate surface area is 82.0 Å². The Balaban J connectivity index is 3.50. The van der Waals surface area contributed by atoms with Gasteiger partial charge in [0.15, 0.2) is 10.2 Å². The van der Waals surface area contributed by atoms with E-state index >= 15 is 0 Å². The number of nitrogens with two attached hydrogens (primary N) is 1. The quantitative estimate of drug-likeness (QED) is 0.683. The van der Waals surface area contributed by atoms with Crippen LogP contribution in [0.15, 0.2) is 5.03 Å². The molecule has 0 aliphatic heterocycles. The number of hydrogen-bond donors (Lipinski definition) is 1. The maximum absolute atomic E-state index is 11.1. The van der Waals surface area contributed by atoms with E-state index in [1.807, 2.05) is 0 Å². The highest BCUT2D eigenvalue weighted by molar-refractivity contribution is 7.84. The van der Waals surface area contributed by atoms with Gasteiger partial charge in [-0.2, -0.15) is 10.2 Å². The van der Waals surface area contributed by atoms with E-state index in [0.717, 1.165) is 0 Å². The van der Waals surface area contributed by atoms with Crippen molar-refractivity contribution in [3.8, 4) is 6.07 Å². The van der Waals surface area contributed by atoms with E-state index in [1.54, 1.807) is 6.07 Å². The number of nitrogens with zero attached hydrogens (tertiary/aromatic N) is 3. The molecule has 5 nitrogen and oxygen atoms in total. The minimum atomic E-state index is -1.40. The molecule has 68 valence electrons. The van der Waals surface area contributed by atoms with Gasteiger partial charge in [0.2, 0.25) is 5.95 Å². The molecule has 0 saturated carbocycles. The number of hydrogen-bond acceptors (Lipinski definition) is 5. The van der Waals surface area contributed by atoms with E-state index in [-0.39, 0.29) is 21.7 Å². The summed E-state index contributed by atoms with van der Waals surface area (Å²) in [6, 6.07) is 1.77. The van der Waals surface area contributed by atoms with Gasteiger partial charge in [0.25, 0.3) is 0 Å². The van der Waals surface area contributed by atoms with Gasteiger partial charge in [0.05, 0.1) is 10.8 Å². The summed E-state index contributed by atoms with van der Waals surface area (Å²) < 4.78 is 11.1. The summed E-state index contributed by atoms with van der Waals surface area (Å²) in [7, 11) is -1.40. The molecule has 0 amide bonds. The van der Waals surface area contributed by atoms with E-state index in [2.05, 4.69) is 9.97 Å². The molecule has 0 fully saturated rings. The van der Waals surface area contributed by atoms with Crippen molar-refractivity contribution in [2.75, 3.05) is 12.0 Å². The molecule has 1 aromatic heterocycles. The van der Waals surface area contributed by atoms with Crippen molar-refractivity contribution < 1.29 is 4.21 Å². The van der Waals surface area contributed by atoms with Gasteiger partial charge >= 0.3 is 0 Å². The van der Waals surface area contributed by atoms with Gasteiger partial charge in [-0.15, -0.1) is 0 Å². The molecule has 7 heteroatoms. The molecule has 1 atom stereocenters. The summed E-state index contributed by atoms with van der Waals surface area (Å²) in [4.78, 5) is 7.23. The number of halogens is 1. The van der Waals surface area contributed by atoms with Crippen LogP contribution in [0.5, 0.6) is 0 Å². The van der Waals surface area contributed by atoms with Gasteiger partial charge in [-0.1, -0.05) is 11.6 Å². The van der Waals surface area contributed by atoms with Crippen LogP contribution in [0.3, 0.4) is 0 Å². The molecule has 2 N–H and O–H groups in total. The zero-order valence-electron chi connectivity index (χ0n) is 6.61. The fraction of sp³-hybridized carbons (Fsp3) is 0.167. The van der Waals surface area contributed by atoms with Crippen LogP contribution in [0.25, 0.3) is 0 Å². The van der Waals surface area contributed by atoms with E-state index in [4.69, 9.17) is 22.6 Å². The number of nitriles is 1. The largest absolute Gasteiger partial charge is 0.368 e. The Kier molecular flexibility index (Phi) is 2.80. The monoisotopic (exact) mass is 216 g/mol. The molecule has 1 heterocycles. The minimum Gasteiger partial charge on any atom is -0.368 e. The predicted molar refractivity (Wildman–Crippen MR) is 48.5 cm³/mol. The van der Waals surface area contributed by atoms with Crippen LogP contribution < -0.4 is 5.73 Å². The summed E-state index contributed by atoms with van der Waals surface area (Å²) in [5, 5.41) is 8.65. The van der Waals surface area contributed by atoms with Crippen LogP contribution in [0.4, 0.5) is 5.95 Å². The first-order valence-corrected chi connectivity index (χ1v) is 5.06. The summed E-state index contributed by atoms with van der Waals surface area (Å²) >= 11 is 5.59. The molecule has 13 heavy (non-hydrogen) atoms. The second-order valence-electron chi connectivity index (χ2n) is 2.12. The molecule has 0 aromatic carbocycles. The van der Waals surface area contributed by atoms with Gasteiger partial charge in [-0.05, 0) is 0 Å². The lowest BCUT2D eigenvalue weighted by molar-refractivity contribution is 0.683. The van der Waals surface area contributed by atoms with Crippen LogP contribution in [0.2, 0.25) is 5.15 Å². The van der Waals surface area contributed by atoms with Gasteiger partial charge in [0.1, 0.15) is 11.6 Å². The SMILES string of the molecule is CS(=O)c1nc(N)nc(Cl)c1C#N. The summed E-state index contributed by atoms with van der Waals surface area (Å²) in [5.41, 5.74) is 5.28. The normalized spacial score (nSPS) is 12.1. The van der Waals surface area contributed by atoms with Crippen molar-refractivity contribution in [3.05, 3.63) is 10.7 Å². The van der Waals surface area contributed by atoms with Crippen molar-refractivity contribution in [2.45, 2.75) is 5.03 Å². The van der Waals surface area contributed by atoms with Crippen molar-refractivity contribution in [1.29, 1.82) is 5.26 Å². The Hall–Kier alpha value is -1.19. The van der Waals surface area contributed by atoms with Crippen LogP contribution in [0, 0.1) is 11.3 Å². The molecule has 0 aliphatic rings. The third-order valence-electron chi connectivity index (χ3n) is 1.23. The van der Waals surface area contributed by atoms with Gasteiger partial charge in [-0.3, -0.25) is 4.21 Å². The van der Waals surface area contributed by atoms with Gasteiger partial charge in [-0.25, -0.2) is 4.98 Å². The molecule has 0 spiro atoms. The zero-order chi connectivity index (χ0) is 10.0. The number of rotatable bonds is 1. The minimum absolute atomic E-state index is 0.0108. The Morgan fingerprint density at radius 3 is 2.69 bits per heavy atom. The maximum Gasteiger partial charge on any atom is 0.222 e. The third kappa shape index (κ3) is 1.94. The zero-order valence-corrected chi connectivity index (χ0v) is 8.19. The van der Waals surface area contributed by atoms with E-state index in [1.165, 1.54) is 6.26 Å². The Morgan fingerprint density at radius 2 is 2.23 bits per heavy atom. The smallest absolute Gasteiger partial charge is 0.222 e. The molecule has 0 radical (unpaired) electrons. The van der Waals surface area contributed by atoms with Crippen LogP contribution in [-0.2, 0) is 10.8 Å². The highest BCUT2D eigenvalue weighted by Gasteiger charge is 2.14. The third-order valence-corrected chi connectivity index (χ3v) is 2.35. The second kappa shape index (κ2) is 3.68. The first kappa shape index (κ1) is 9.89. The molecular weight excluding hydrogens is 212 g/mol. The Bertz CT molecular complexity index is 414. The van der Waals surface area contributed by atoms with Gasteiger partial charge in [0, 0.05) is 6.26 Å². The van der Waals surface area contributed by atoms with E-state index in [9.17, 15) is 4.21 Å². The lowest BCUT2D eigenvalue weighted by Crippen LogP contribution is -2.04. The second-order valence-corrected chi connectivity index (χ2v) is 3.77. The van der Waals surface area contributed by atoms with Crippen LogP contribution in [0.1, 0.15) is 5.56 Å². The number of aromatic nitrogens is 2. The lowest BCUT2D eigenvalue weighted by atomic mass is 10.4. The fourth-order valence-electron chi connectivity index (χ4n) is 0.732. The summed E-state index contributed by atoms with van der Waals surface area (Å²) in [6.07, 6.45) is 1.39. The number of anilines is 1. The first-order chi connectivity index (χ1) is 6.06. The van der Waals surface area contributed by atoms with Crippen molar-refractivity contribution in [3.63, 3.8) is 0 Å². The molecule has 0 saturated heterocycles.